The van der Waals surface area contributed by atoms with Crippen LogP contribution < -0.4 is 20.1 Å². The van der Waals surface area contributed by atoms with Crippen LogP contribution in [0.1, 0.15) is 45.4 Å². The zero-order valence-corrected chi connectivity index (χ0v) is 14.0. The van der Waals surface area contributed by atoms with Crippen LogP contribution in [0.25, 0.3) is 0 Å². The first-order valence-corrected chi connectivity index (χ1v) is 8.68. The fourth-order valence-electron chi connectivity index (χ4n) is 2.81. The number of urea groups is 1. The van der Waals surface area contributed by atoms with Crippen molar-refractivity contribution >= 4 is 6.03 Å². The predicted octanol–water partition coefficient (Wildman–Crippen LogP) is 3.49. The normalized spacial score (nSPS) is 15.5. The highest BCUT2D eigenvalue weighted by atomic mass is 16.5. The fourth-order valence-corrected chi connectivity index (χ4v) is 2.81. The summed E-state index contributed by atoms with van der Waals surface area (Å²) in [6, 6.07) is 7.76. The molecule has 0 spiro atoms. The molecular formula is C18H28N2O3. The molecule has 5 heteroatoms. The van der Waals surface area contributed by atoms with Crippen molar-refractivity contribution < 1.29 is 14.3 Å². The molecule has 0 aromatic heterocycles. The second kappa shape index (κ2) is 9.98. The van der Waals surface area contributed by atoms with Gasteiger partial charge in [0.05, 0.1) is 13.2 Å². The lowest BCUT2D eigenvalue weighted by atomic mass is 10.1. The van der Waals surface area contributed by atoms with Crippen molar-refractivity contribution in [2.75, 3.05) is 19.8 Å². The lowest BCUT2D eigenvalue weighted by Gasteiger charge is -2.16. The molecule has 0 radical (unpaired) electrons. The molecule has 0 saturated heterocycles. The molecule has 0 unspecified atom stereocenters. The van der Waals surface area contributed by atoms with Crippen LogP contribution in [-0.4, -0.2) is 31.8 Å². The quantitative estimate of drug-likeness (QED) is 0.597. The Morgan fingerprint density at radius 3 is 2.52 bits per heavy atom. The monoisotopic (exact) mass is 320 g/mol. The average molecular weight is 320 g/mol. The highest BCUT2D eigenvalue weighted by Gasteiger charge is 2.14. The van der Waals surface area contributed by atoms with E-state index < -0.39 is 0 Å². The van der Waals surface area contributed by atoms with E-state index >= 15 is 0 Å². The molecule has 0 aliphatic heterocycles. The summed E-state index contributed by atoms with van der Waals surface area (Å²) in [6.07, 6.45) is 7.18. The molecule has 1 fully saturated rings. The molecule has 0 bridgehead atoms. The van der Waals surface area contributed by atoms with Crippen molar-refractivity contribution in [3.05, 3.63) is 24.3 Å². The Bertz CT molecular complexity index is 471. The predicted molar refractivity (Wildman–Crippen MR) is 91.1 cm³/mol. The maximum absolute atomic E-state index is 11.9. The summed E-state index contributed by atoms with van der Waals surface area (Å²) in [5.41, 5.74) is 0. The second-order valence-corrected chi connectivity index (χ2v) is 5.85. The van der Waals surface area contributed by atoms with E-state index in [1.807, 2.05) is 31.2 Å². The van der Waals surface area contributed by atoms with Crippen LogP contribution in [0.4, 0.5) is 4.79 Å². The zero-order chi connectivity index (χ0) is 16.3. The third-order valence-corrected chi connectivity index (χ3v) is 3.96. The minimum Gasteiger partial charge on any atom is -0.494 e. The van der Waals surface area contributed by atoms with Gasteiger partial charge in [-0.3, -0.25) is 0 Å². The van der Waals surface area contributed by atoms with Crippen LogP contribution in [0.15, 0.2) is 24.3 Å². The van der Waals surface area contributed by atoms with Crippen molar-refractivity contribution in [1.82, 2.24) is 10.6 Å². The number of hydrogen-bond donors (Lipinski definition) is 2. The van der Waals surface area contributed by atoms with Gasteiger partial charge in [-0.25, -0.2) is 4.79 Å². The van der Waals surface area contributed by atoms with Crippen LogP contribution in [0, 0.1) is 0 Å². The number of nitrogens with one attached hydrogen (secondary N) is 2. The summed E-state index contributed by atoms with van der Waals surface area (Å²) in [5.74, 6) is 1.55. The number of amides is 2. The zero-order valence-electron chi connectivity index (χ0n) is 14.0. The van der Waals surface area contributed by atoms with Gasteiger partial charge < -0.3 is 20.1 Å². The number of carbonyl (C=O) groups is 1. The van der Waals surface area contributed by atoms with Gasteiger partial charge in [0.15, 0.2) is 0 Å². The van der Waals surface area contributed by atoms with Crippen molar-refractivity contribution in [3.8, 4) is 11.5 Å². The number of ether oxygens (including phenoxy) is 2. The SMILES string of the molecule is CCOc1cccc(OCCNC(=O)NC2CCCCCC2)c1. The standard InChI is InChI=1S/C18H28N2O3/c1-2-22-16-10-7-11-17(14-16)23-13-12-19-18(21)20-15-8-5-3-4-6-9-15/h7,10-11,14-15H,2-6,8-9,12-13H2,1H3,(H2,19,20,21). The summed E-state index contributed by atoms with van der Waals surface area (Å²) in [5, 5.41) is 5.91. The topological polar surface area (TPSA) is 59.6 Å². The van der Waals surface area contributed by atoms with Crippen molar-refractivity contribution in [3.63, 3.8) is 0 Å². The summed E-state index contributed by atoms with van der Waals surface area (Å²) in [7, 11) is 0. The molecule has 1 aliphatic carbocycles. The molecule has 0 atom stereocenters. The first-order chi connectivity index (χ1) is 11.3. The van der Waals surface area contributed by atoms with E-state index in [0.29, 0.717) is 25.8 Å². The van der Waals surface area contributed by atoms with Crippen molar-refractivity contribution in [1.29, 1.82) is 0 Å². The van der Waals surface area contributed by atoms with Crippen LogP contribution in [-0.2, 0) is 0 Å². The number of benzene rings is 1. The van der Waals surface area contributed by atoms with E-state index in [1.54, 1.807) is 0 Å². The maximum Gasteiger partial charge on any atom is 0.315 e. The second-order valence-electron chi connectivity index (χ2n) is 5.85. The van der Waals surface area contributed by atoms with E-state index in [4.69, 9.17) is 9.47 Å². The lowest BCUT2D eigenvalue weighted by molar-refractivity contribution is 0.231. The minimum absolute atomic E-state index is 0.0939. The Labute approximate surface area is 138 Å². The van der Waals surface area contributed by atoms with Gasteiger partial charge in [0.2, 0.25) is 0 Å². The third kappa shape index (κ3) is 6.80. The van der Waals surface area contributed by atoms with Gasteiger partial charge in [-0.05, 0) is 31.9 Å². The van der Waals surface area contributed by atoms with Crippen molar-refractivity contribution in [2.24, 2.45) is 0 Å². The smallest absolute Gasteiger partial charge is 0.315 e. The molecule has 2 amide bonds. The van der Waals surface area contributed by atoms with Gasteiger partial charge in [0.1, 0.15) is 18.1 Å². The summed E-state index contributed by atoms with van der Waals surface area (Å²) >= 11 is 0. The Morgan fingerprint density at radius 1 is 1.13 bits per heavy atom. The third-order valence-electron chi connectivity index (χ3n) is 3.96. The fraction of sp³-hybridized carbons (Fsp3) is 0.611. The highest BCUT2D eigenvalue weighted by molar-refractivity contribution is 5.74. The van der Waals surface area contributed by atoms with Crippen LogP contribution >= 0.6 is 0 Å². The number of carbonyl (C=O) groups excluding carboxylic acids is 1. The van der Waals surface area contributed by atoms with Gasteiger partial charge in [0, 0.05) is 12.1 Å². The van der Waals surface area contributed by atoms with Crippen LogP contribution in [0.3, 0.4) is 0 Å². The van der Waals surface area contributed by atoms with Crippen LogP contribution in [0.2, 0.25) is 0 Å². The molecule has 2 rings (SSSR count). The number of rotatable bonds is 7. The Hall–Kier alpha value is -1.91. The molecule has 1 aliphatic rings. The Balaban J connectivity index is 1.62. The lowest BCUT2D eigenvalue weighted by Crippen LogP contribution is -2.43. The average Bonchev–Trinajstić information content (AvgIpc) is 2.81. The van der Waals surface area contributed by atoms with Gasteiger partial charge in [-0.1, -0.05) is 31.7 Å². The molecule has 5 nitrogen and oxygen atoms in total. The van der Waals surface area contributed by atoms with Gasteiger partial charge in [0.25, 0.3) is 0 Å². The van der Waals surface area contributed by atoms with Gasteiger partial charge in [-0.15, -0.1) is 0 Å². The molecule has 2 N–H and O–H groups in total. The molecular weight excluding hydrogens is 292 g/mol. The molecule has 1 aromatic carbocycles. The maximum atomic E-state index is 11.9. The summed E-state index contributed by atoms with van der Waals surface area (Å²) in [4.78, 5) is 11.9. The van der Waals surface area contributed by atoms with Gasteiger partial charge in [-0.2, -0.15) is 0 Å². The molecule has 128 valence electrons. The van der Waals surface area contributed by atoms with E-state index in [9.17, 15) is 4.79 Å². The number of hydrogen-bond acceptors (Lipinski definition) is 3. The minimum atomic E-state index is -0.0939. The van der Waals surface area contributed by atoms with E-state index in [2.05, 4.69) is 10.6 Å². The summed E-state index contributed by atoms with van der Waals surface area (Å²) in [6.45, 7) is 3.50. The van der Waals surface area contributed by atoms with Crippen LogP contribution in [0.5, 0.6) is 11.5 Å². The van der Waals surface area contributed by atoms with Gasteiger partial charge >= 0.3 is 6.03 Å². The Morgan fingerprint density at radius 2 is 1.83 bits per heavy atom. The molecule has 0 heterocycles. The molecule has 1 aromatic rings. The first kappa shape index (κ1) is 17.4. The molecule has 23 heavy (non-hydrogen) atoms. The van der Waals surface area contributed by atoms with E-state index in [1.165, 1.54) is 25.7 Å². The van der Waals surface area contributed by atoms with E-state index in [0.717, 1.165) is 24.3 Å². The largest absolute Gasteiger partial charge is 0.494 e. The highest BCUT2D eigenvalue weighted by Crippen LogP contribution is 2.19. The Kier molecular flexibility index (Phi) is 7.57. The van der Waals surface area contributed by atoms with E-state index in [-0.39, 0.29) is 6.03 Å². The molecule has 1 saturated carbocycles. The first-order valence-electron chi connectivity index (χ1n) is 8.68. The summed E-state index contributed by atoms with van der Waals surface area (Å²) < 4.78 is 11.1. The van der Waals surface area contributed by atoms with Crippen molar-refractivity contribution in [2.45, 2.75) is 51.5 Å².